The van der Waals surface area contributed by atoms with Gasteiger partial charge in [0.05, 0.1) is 9.70 Å². The molecule has 0 bridgehead atoms. The van der Waals surface area contributed by atoms with Crippen LogP contribution in [0, 0.1) is 5.92 Å². The van der Waals surface area contributed by atoms with Gasteiger partial charge in [-0.3, -0.25) is 9.59 Å². The normalized spacial score (nSPS) is 17.4. The Bertz CT molecular complexity index is 468. The van der Waals surface area contributed by atoms with Gasteiger partial charge in [0.25, 0.3) is 5.91 Å². The topological polar surface area (TPSA) is 40.6 Å². The molecule has 1 aliphatic rings. The van der Waals surface area contributed by atoms with E-state index in [0.29, 0.717) is 26.2 Å². The van der Waals surface area contributed by atoms with Gasteiger partial charge >= 0.3 is 0 Å². The van der Waals surface area contributed by atoms with E-state index in [2.05, 4.69) is 15.9 Å². The van der Waals surface area contributed by atoms with E-state index in [4.69, 9.17) is 0 Å². The van der Waals surface area contributed by atoms with Crippen molar-refractivity contribution in [3.63, 3.8) is 0 Å². The fourth-order valence-corrected chi connectivity index (χ4v) is 3.13. The Morgan fingerprint density at radius 2 is 1.80 bits per heavy atom. The molecule has 20 heavy (non-hydrogen) atoms. The number of hydrogen-bond acceptors (Lipinski definition) is 3. The minimum Gasteiger partial charge on any atom is -0.338 e. The van der Waals surface area contributed by atoms with E-state index in [9.17, 15) is 9.59 Å². The number of rotatable bonds is 3. The maximum atomic E-state index is 12.2. The summed E-state index contributed by atoms with van der Waals surface area (Å²) >= 11 is 4.91. The average Bonchev–Trinajstić information content (AvgIpc) is 2.99. The van der Waals surface area contributed by atoms with Crippen molar-refractivity contribution in [3.8, 4) is 0 Å². The molecule has 1 unspecified atom stereocenters. The zero-order valence-electron chi connectivity index (χ0n) is 11.7. The van der Waals surface area contributed by atoms with Crippen molar-refractivity contribution in [3.05, 3.63) is 22.4 Å². The van der Waals surface area contributed by atoms with E-state index in [-0.39, 0.29) is 22.6 Å². The molecule has 1 saturated heterocycles. The van der Waals surface area contributed by atoms with Gasteiger partial charge in [-0.1, -0.05) is 35.8 Å². The number of carbonyl (C=O) groups is 2. The Balaban J connectivity index is 1.89. The Labute approximate surface area is 131 Å². The van der Waals surface area contributed by atoms with E-state index >= 15 is 0 Å². The zero-order chi connectivity index (χ0) is 14.7. The maximum Gasteiger partial charge on any atom is 0.264 e. The molecule has 0 N–H and O–H groups in total. The number of hydrogen-bond donors (Lipinski definition) is 0. The first-order chi connectivity index (χ1) is 9.50. The van der Waals surface area contributed by atoms with Crippen LogP contribution in [-0.2, 0) is 4.79 Å². The Morgan fingerprint density at radius 1 is 1.20 bits per heavy atom. The fraction of sp³-hybridized carbons (Fsp3) is 0.571. The van der Waals surface area contributed by atoms with Gasteiger partial charge in [0.15, 0.2) is 0 Å². The van der Waals surface area contributed by atoms with Gasteiger partial charge in [-0.05, 0) is 17.4 Å². The molecule has 0 aromatic carbocycles. The lowest BCUT2D eigenvalue weighted by Gasteiger charge is -2.36. The summed E-state index contributed by atoms with van der Waals surface area (Å²) in [6.45, 7) is 6.50. The minimum absolute atomic E-state index is 0.0753. The number of alkyl halides is 1. The van der Waals surface area contributed by atoms with Crippen LogP contribution in [0.4, 0.5) is 0 Å². The van der Waals surface area contributed by atoms with Crippen LogP contribution in [0.5, 0.6) is 0 Å². The summed E-state index contributed by atoms with van der Waals surface area (Å²) in [5.41, 5.74) is 0. The second kappa shape index (κ2) is 6.72. The van der Waals surface area contributed by atoms with Gasteiger partial charge in [0, 0.05) is 26.2 Å². The van der Waals surface area contributed by atoms with Crippen LogP contribution in [-0.4, -0.2) is 52.6 Å². The molecule has 2 heterocycles. The fourth-order valence-electron chi connectivity index (χ4n) is 2.15. The highest BCUT2D eigenvalue weighted by atomic mass is 79.9. The molecule has 110 valence electrons. The standard InChI is InChI=1S/C14H19BrN2O2S/c1-10(2)12(15)14(19)17-7-5-16(6-8-17)13(18)11-4-3-9-20-11/h3-4,9-10,12H,5-8H2,1-2H3. The first kappa shape index (κ1) is 15.5. The highest BCUT2D eigenvalue weighted by Crippen LogP contribution is 2.18. The lowest BCUT2D eigenvalue weighted by atomic mass is 10.1. The van der Waals surface area contributed by atoms with Crippen molar-refractivity contribution in [2.24, 2.45) is 5.92 Å². The third kappa shape index (κ3) is 3.41. The van der Waals surface area contributed by atoms with E-state index in [1.165, 1.54) is 11.3 Å². The second-order valence-electron chi connectivity index (χ2n) is 5.24. The van der Waals surface area contributed by atoms with Crippen molar-refractivity contribution >= 4 is 39.1 Å². The number of thiophene rings is 1. The second-order valence-corrected chi connectivity index (χ2v) is 7.17. The molecule has 0 saturated carbocycles. The molecular weight excluding hydrogens is 340 g/mol. The molecule has 0 aliphatic carbocycles. The smallest absolute Gasteiger partial charge is 0.264 e. The molecule has 1 aliphatic heterocycles. The molecule has 0 radical (unpaired) electrons. The molecule has 4 nitrogen and oxygen atoms in total. The number of carbonyl (C=O) groups excluding carboxylic acids is 2. The summed E-state index contributed by atoms with van der Waals surface area (Å²) in [5, 5.41) is 1.91. The SMILES string of the molecule is CC(C)C(Br)C(=O)N1CCN(C(=O)c2cccs2)CC1. The van der Waals surface area contributed by atoms with Gasteiger partial charge in [0.1, 0.15) is 0 Å². The Hall–Kier alpha value is -0.880. The van der Waals surface area contributed by atoms with Crippen molar-refractivity contribution in [2.45, 2.75) is 18.7 Å². The summed E-state index contributed by atoms with van der Waals surface area (Å²) in [6.07, 6.45) is 0. The molecule has 2 amide bonds. The lowest BCUT2D eigenvalue weighted by Crippen LogP contribution is -2.52. The molecule has 6 heteroatoms. The van der Waals surface area contributed by atoms with Crippen molar-refractivity contribution in [1.29, 1.82) is 0 Å². The summed E-state index contributed by atoms with van der Waals surface area (Å²) < 4.78 is 0. The van der Waals surface area contributed by atoms with Crippen LogP contribution >= 0.6 is 27.3 Å². The van der Waals surface area contributed by atoms with Crippen molar-refractivity contribution in [2.75, 3.05) is 26.2 Å². The highest BCUT2D eigenvalue weighted by Gasteiger charge is 2.29. The van der Waals surface area contributed by atoms with Gasteiger partial charge in [-0.2, -0.15) is 0 Å². The van der Waals surface area contributed by atoms with E-state index in [0.717, 1.165) is 4.88 Å². The number of nitrogens with zero attached hydrogens (tertiary/aromatic N) is 2. The van der Waals surface area contributed by atoms with Crippen LogP contribution in [0.15, 0.2) is 17.5 Å². The van der Waals surface area contributed by atoms with Crippen LogP contribution in [0.1, 0.15) is 23.5 Å². The minimum atomic E-state index is -0.137. The molecule has 1 aromatic rings. The largest absolute Gasteiger partial charge is 0.338 e. The molecular formula is C14H19BrN2O2S. The number of piperazine rings is 1. The van der Waals surface area contributed by atoms with Crippen LogP contribution in [0.2, 0.25) is 0 Å². The van der Waals surface area contributed by atoms with Gasteiger partial charge < -0.3 is 9.80 Å². The van der Waals surface area contributed by atoms with Crippen LogP contribution in [0.3, 0.4) is 0 Å². The summed E-state index contributed by atoms with van der Waals surface area (Å²) in [4.78, 5) is 28.7. The average molecular weight is 359 g/mol. The Kier molecular flexibility index (Phi) is 5.21. The molecule has 0 spiro atoms. The van der Waals surface area contributed by atoms with Crippen LogP contribution < -0.4 is 0 Å². The molecule has 2 rings (SSSR count). The summed E-state index contributed by atoms with van der Waals surface area (Å²) in [5.74, 6) is 0.475. The van der Waals surface area contributed by atoms with Crippen molar-refractivity contribution in [1.82, 2.24) is 9.80 Å². The third-order valence-electron chi connectivity index (χ3n) is 3.43. The maximum absolute atomic E-state index is 12.2. The van der Waals surface area contributed by atoms with E-state index in [1.54, 1.807) is 0 Å². The Morgan fingerprint density at radius 3 is 2.30 bits per heavy atom. The zero-order valence-corrected chi connectivity index (χ0v) is 14.1. The molecule has 1 aromatic heterocycles. The third-order valence-corrected chi connectivity index (χ3v) is 5.74. The summed E-state index contributed by atoms with van der Waals surface area (Å²) in [6, 6.07) is 3.73. The number of halogens is 1. The van der Waals surface area contributed by atoms with Gasteiger partial charge in [-0.15, -0.1) is 11.3 Å². The highest BCUT2D eigenvalue weighted by molar-refractivity contribution is 9.10. The first-order valence-electron chi connectivity index (χ1n) is 6.76. The van der Waals surface area contributed by atoms with Crippen LogP contribution in [0.25, 0.3) is 0 Å². The lowest BCUT2D eigenvalue weighted by molar-refractivity contribution is -0.132. The quantitative estimate of drug-likeness (QED) is 0.778. The predicted molar refractivity (Wildman–Crippen MR) is 84.4 cm³/mol. The number of amides is 2. The molecule has 1 atom stereocenters. The van der Waals surface area contributed by atoms with Crippen molar-refractivity contribution < 1.29 is 9.59 Å². The predicted octanol–water partition coefficient (Wildman–Crippen LogP) is 2.45. The monoisotopic (exact) mass is 358 g/mol. The van der Waals surface area contributed by atoms with Gasteiger partial charge in [0.2, 0.25) is 5.91 Å². The van der Waals surface area contributed by atoms with Gasteiger partial charge in [-0.25, -0.2) is 0 Å². The molecule has 1 fully saturated rings. The summed E-state index contributed by atoms with van der Waals surface area (Å²) in [7, 11) is 0. The first-order valence-corrected chi connectivity index (χ1v) is 8.56. The van der Waals surface area contributed by atoms with E-state index < -0.39 is 0 Å². The van der Waals surface area contributed by atoms with E-state index in [1.807, 2.05) is 41.2 Å².